The molecule has 110 valence electrons. The minimum absolute atomic E-state index is 0.206. The van der Waals surface area contributed by atoms with Crippen molar-refractivity contribution in [2.75, 3.05) is 6.61 Å². The van der Waals surface area contributed by atoms with Crippen molar-refractivity contribution >= 4 is 12.9 Å². The first kappa shape index (κ1) is 14.9. The summed E-state index contributed by atoms with van der Waals surface area (Å²) in [6.45, 7) is 6.17. The van der Waals surface area contributed by atoms with Crippen molar-refractivity contribution in [3.8, 4) is 0 Å². The Morgan fingerprint density at radius 2 is 2.38 bits per heavy atom. The summed E-state index contributed by atoms with van der Waals surface area (Å²) in [6.07, 6.45) is 5.79. The predicted molar refractivity (Wildman–Crippen MR) is 80.4 cm³/mol. The van der Waals surface area contributed by atoms with E-state index in [1.54, 1.807) is 18.5 Å². The summed E-state index contributed by atoms with van der Waals surface area (Å²) in [7, 11) is 0. The highest BCUT2D eigenvalue weighted by atomic mass is 19.1. The Labute approximate surface area is 123 Å². The molecule has 5 nitrogen and oxygen atoms in total. The molecule has 1 aromatic rings. The number of allylic oxidation sites excluding steroid dienone is 1. The molecule has 6 heteroatoms. The van der Waals surface area contributed by atoms with E-state index in [9.17, 15) is 4.39 Å². The molecule has 0 fully saturated rings. The van der Waals surface area contributed by atoms with Crippen LogP contribution in [-0.4, -0.2) is 24.5 Å². The number of ether oxygens (including phenoxy) is 1. The van der Waals surface area contributed by atoms with Gasteiger partial charge in [-0.25, -0.2) is 9.38 Å². The summed E-state index contributed by atoms with van der Waals surface area (Å²) >= 11 is 0. The van der Waals surface area contributed by atoms with Crippen LogP contribution in [0.15, 0.2) is 51.7 Å². The largest absolute Gasteiger partial charge is 0.492 e. The predicted octanol–water partition coefficient (Wildman–Crippen LogP) is 2.57. The monoisotopic (exact) mass is 288 g/mol. The molecule has 0 bridgehead atoms. The summed E-state index contributed by atoms with van der Waals surface area (Å²) in [4.78, 5) is 12.2. The highest BCUT2D eigenvalue weighted by molar-refractivity contribution is 5.63. The lowest BCUT2D eigenvalue weighted by Crippen LogP contribution is -2.16. The smallest absolute Gasteiger partial charge is 0.155 e. The Hall–Kier alpha value is -2.50. The fourth-order valence-electron chi connectivity index (χ4n) is 1.86. The van der Waals surface area contributed by atoms with Gasteiger partial charge in [-0.2, -0.15) is 0 Å². The van der Waals surface area contributed by atoms with Crippen molar-refractivity contribution in [2.24, 2.45) is 9.98 Å². The molecule has 0 amide bonds. The summed E-state index contributed by atoms with van der Waals surface area (Å²) in [5.74, 6) is 0.748. The molecule has 21 heavy (non-hydrogen) atoms. The van der Waals surface area contributed by atoms with Gasteiger partial charge in [-0.15, -0.1) is 0 Å². The van der Waals surface area contributed by atoms with E-state index in [0.717, 1.165) is 0 Å². The average Bonchev–Trinajstić information content (AvgIpc) is 2.68. The number of hydrogen-bond acceptors (Lipinski definition) is 5. The van der Waals surface area contributed by atoms with Gasteiger partial charge in [0.05, 0.1) is 18.8 Å². The molecular formula is C15H17FN4O. The number of nitrogens with one attached hydrogen (secondary N) is 1. The van der Waals surface area contributed by atoms with Crippen molar-refractivity contribution in [1.29, 1.82) is 0 Å². The second-order valence-corrected chi connectivity index (χ2v) is 4.19. The van der Waals surface area contributed by atoms with E-state index in [-0.39, 0.29) is 12.4 Å². The Morgan fingerprint density at radius 1 is 1.52 bits per heavy atom. The first-order chi connectivity index (χ1) is 10.3. The van der Waals surface area contributed by atoms with Crippen LogP contribution < -0.4 is 5.32 Å². The molecule has 0 saturated carbocycles. The van der Waals surface area contributed by atoms with Crippen LogP contribution >= 0.6 is 0 Å². The van der Waals surface area contributed by atoms with E-state index in [4.69, 9.17) is 4.74 Å². The third-order valence-electron chi connectivity index (χ3n) is 2.80. The highest BCUT2D eigenvalue weighted by Crippen LogP contribution is 2.20. The Bertz CT molecular complexity index is 607. The quantitative estimate of drug-likeness (QED) is 0.818. The van der Waals surface area contributed by atoms with E-state index >= 15 is 0 Å². The molecule has 1 aromatic heterocycles. The molecule has 0 atom stereocenters. The van der Waals surface area contributed by atoms with Gasteiger partial charge in [0.25, 0.3) is 0 Å². The average molecular weight is 288 g/mol. The topological polar surface area (TPSA) is 58.9 Å². The van der Waals surface area contributed by atoms with Crippen LogP contribution in [0.25, 0.3) is 0 Å². The second kappa shape index (κ2) is 7.33. The van der Waals surface area contributed by atoms with Crippen LogP contribution in [-0.2, 0) is 11.3 Å². The first-order valence-corrected chi connectivity index (χ1v) is 6.66. The summed E-state index contributed by atoms with van der Waals surface area (Å²) in [5, 5.41) is 3.03. The van der Waals surface area contributed by atoms with Gasteiger partial charge < -0.3 is 10.1 Å². The highest BCUT2D eigenvalue weighted by Gasteiger charge is 2.14. The molecule has 1 aliphatic rings. The van der Waals surface area contributed by atoms with E-state index in [1.807, 2.05) is 13.0 Å². The van der Waals surface area contributed by atoms with Crippen molar-refractivity contribution in [2.45, 2.75) is 19.9 Å². The standard InChI is InChI=1S/C15H17FN4O/c1-3-21-13-7-5-9-19-15(14(13)17-2)20-10-12-11(16)6-4-8-18-12/h4,6-9,20H,2-3,5,10H2,1H3. The van der Waals surface area contributed by atoms with Gasteiger partial charge >= 0.3 is 0 Å². The fourth-order valence-corrected chi connectivity index (χ4v) is 1.86. The molecule has 1 N–H and O–H groups in total. The van der Waals surface area contributed by atoms with Gasteiger partial charge in [-0.1, -0.05) is 0 Å². The lowest BCUT2D eigenvalue weighted by molar-refractivity contribution is 0.235. The molecular weight excluding hydrogens is 271 g/mol. The van der Waals surface area contributed by atoms with E-state index in [0.29, 0.717) is 36.0 Å². The lowest BCUT2D eigenvalue weighted by Gasteiger charge is -2.12. The van der Waals surface area contributed by atoms with Crippen molar-refractivity contribution in [3.05, 3.63) is 53.2 Å². The van der Waals surface area contributed by atoms with E-state index < -0.39 is 0 Å². The zero-order chi connectivity index (χ0) is 15.1. The summed E-state index contributed by atoms with van der Waals surface area (Å²) in [6, 6.07) is 2.92. The Balaban J connectivity index is 2.21. The fraction of sp³-hybridized carbons (Fsp3) is 0.267. The van der Waals surface area contributed by atoms with Gasteiger partial charge in [-0.3, -0.25) is 9.98 Å². The Morgan fingerprint density at radius 3 is 3.10 bits per heavy atom. The first-order valence-electron chi connectivity index (χ1n) is 6.66. The number of pyridine rings is 1. The number of aliphatic imine (C=N–C) groups is 2. The van der Waals surface area contributed by atoms with Crippen LogP contribution in [0.3, 0.4) is 0 Å². The van der Waals surface area contributed by atoms with Crippen LogP contribution in [0, 0.1) is 5.82 Å². The lowest BCUT2D eigenvalue weighted by atomic mass is 10.3. The molecule has 0 aromatic carbocycles. The zero-order valence-corrected chi connectivity index (χ0v) is 11.8. The van der Waals surface area contributed by atoms with E-state index in [1.165, 1.54) is 6.07 Å². The molecule has 0 unspecified atom stereocenters. The molecule has 2 heterocycles. The molecule has 0 spiro atoms. The molecule has 0 saturated heterocycles. The molecule has 1 aliphatic heterocycles. The SMILES string of the molecule is C=NC1=C(NCc2ncccc2F)N=CCC=C1OCC. The zero-order valence-electron chi connectivity index (χ0n) is 11.8. The maximum atomic E-state index is 13.6. The maximum Gasteiger partial charge on any atom is 0.155 e. The van der Waals surface area contributed by atoms with Crippen LogP contribution in [0.5, 0.6) is 0 Å². The molecule has 2 rings (SSSR count). The van der Waals surface area contributed by atoms with Crippen molar-refractivity contribution < 1.29 is 9.13 Å². The third kappa shape index (κ3) is 3.75. The Kier molecular flexibility index (Phi) is 5.20. The number of rotatable bonds is 6. The van der Waals surface area contributed by atoms with Crippen LogP contribution in [0.4, 0.5) is 4.39 Å². The van der Waals surface area contributed by atoms with Gasteiger partial charge in [0.1, 0.15) is 17.3 Å². The third-order valence-corrected chi connectivity index (χ3v) is 2.80. The minimum atomic E-state index is -0.364. The minimum Gasteiger partial charge on any atom is -0.492 e. The number of aromatic nitrogens is 1. The van der Waals surface area contributed by atoms with Gasteiger partial charge in [0, 0.05) is 18.8 Å². The number of halogens is 1. The molecule has 0 aliphatic carbocycles. The van der Waals surface area contributed by atoms with Gasteiger partial charge in [-0.05, 0) is 31.9 Å². The van der Waals surface area contributed by atoms with E-state index in [2.05, 4.69) is 27.0 Å². The van der Waals surface area contributed by atoms with Crippen LogP contribution in [0.2, 0.25) is 0 Å². The van der Waals surface area contributed by atoms with Crippen LogP contribution in [0.1, 0.15) is 19.0 Å². The van der Waals surface area contributed by atoms with Gasteiger partial charge in [0.15, 0.2) is 5.82 Å². The normalized spacial score (nSPS) is 14.5. The summed E-state index contributed by atoms with van der Waals surface area (Å²) in [5.41, 5.74) is 0.830. The molecule has 0 radical (unpaired) electrons. The van der Waals surface area contributed by atoms with Crippen molar-refractivity contribution in [1.82, 2.24) is 10.3 Å². The number of hydrogen-bond donors (Lipinski definition) is 1. The number of nitrogens with zero attached hydrogens (tertiary/aromatic N) is 3. The second-order valence-electron chi connectivity index (χ2n) is 4.19. The maximum absolute atomic E-state index is 13.6. The summed E-state index contributed by atoms with van der Waals surface area (Å²) < 4.78 is 19.1. The van der Waals surface area contributed by atoms with Crippen molar-refractivity contribution in [3.63, 3.8) is 0 Å². The van der Waals surface area contributed by atoms with Gasteiger partial charge in [0.2, 0.25) is 0 Å².